The molecule has 1 aromatic heterocycles. The zero-order valence-corrected chi connectivity index (χ0v) is 16.1. The number of carbonyl (C=O) groups excluding carboxylic acids is 1. The van der Waals surface area contributed by atoms with Crippen LogP contribution >= 0.6 is 11.6 Å². The summed E-state index contributed by atoms with van der Waals surface area (Å²) in [6, 6.07) is 14.9. The molecule has 9 heteroatoms. The van der Waals surface area contributed by atoms with Gasteiger partial charge < -0.3 is 10.6 Å². The highest BCUT2D eigenvalue weighted by Gasteiger charge is 2.07. The summed E-state index contributed by atoms with van der Waals surface area (Å²) in [5.41, 5.74) is 3.33. The number of nitrogens with zero attached hydrogens (tertiary/aromatic N) is 4. The van der Waals surface area contributed by atoms with Gasteiger partial charge in [0.05, 0.1) is 0 Å². The number of nitrogens with one attached hydrogen (secondary N) is 3. The van der Waals surface area contributed by atoms with E-state index in [0.29, 0.717) is 16.4 Å². The van der Waals surface area contributed by atoms with E-state index in [1.54, 1.807) is 12.1 Å². The Morgan fingerprint density at radius 2 is 2.00 bits per heavy atom. The van der Waals surface area contributed by atoms with Crippen molar-refractivity contribution in [2.45, 2.75) is 6.92 Å². The first-order valence-corrected chi connectivity index (χ1v) is 8.89. The molecule has 3 N–H and O–H groups in total. The Bertz CT molecular complexity index is 1100. The number of tetrazole rings is 1. The molecule has 0 aliphatic carbocycles. The summed E-state index contributed by atoms with van der Waals surface area (Å²) < 4.78 is 0. The van der Waals surface area contributed by atoms with Crippen LogP contribution in [0.15, 0.2) is 48.7 Å². The number of rotatable bonds is 6. The quantitative estimate of drug-likeness (QED) is 0.421. The van der Waals surface area contributed by atoms with Crippen LogP contribution in [0, 0.1) is 11.3 Å². The van der Waals surface area contributed by atoms with Gasteiger partial charge in [-0.2, -0.15) is 10.5 Å². The summed E-state index contributed by atoms with van der Waals surface area (Å²) in [5, 5.41) is 29.2. The van der Waals surface area contributed by atoms with E-state index in [1.807, 2.05) is 48.6 Å². The Morgan fingerprint density at radius 1 is 1.21 bits per heavy atom. The fraction of sp³-hybridized carbons (Fsp3) is 0.0500. The Hall–Kier alpha value is -3.96. The number of hydrogen-bond acceptors (Lipinski definition) is 6. The van der Waals surface area contributed by atoms with E-state index in [9.17, 15) is 10.1 Å². The van der Waals surface area contributed by atoms with Crippen LogP contribution in [0.4, 0.5) is 11.4 Å². The molecule has 144 valence electrons. The maximum Gasteiger partial charge on any atom is 0.221 e. The van der Waals surface area contributed by atoms with E-state index in [-0.39, 0.29) is 17.3 Å². The number of hydrogen-bond donors (Lipinski definition) is 3. The summed E-state index contributed by atoms with van der Waals surface area (Å²) in [6.45, 7) is 1.44. The second kappa shape index (κ2) is 9.30. The van der Waals surface area contributed by atoms with Gasteiger partial charge >= 0.3 is 0 Å². The second-order valence-electron chi connectivity index (χ2n) is 5.92. The van der Waals surface area contributed by atoms with Gasteiger partial charge in [0, 0.05) is 29.5 Å². The summed E-state index contributed by atoms with van der Waals surface area (Å²) in [4.78, 5) is 11.4. The van der Waals surface area contributed by atoms with Crippen molar-refractivity contribution in [2.75, 3.05) is 10.6 Å². The molecule has 0 unspecified atom stereocenters. The lowest BCUT2D eigenvalue weighted by Crippen LogP contribution is -2.06. The van der Waals surface area contributed by atoms with E-state index >= 15 is 0 Å². The van der Waals surface area contributed by atoms with Crippen LogP contribution in [0.25, 0.3) is 17.7 Å². The van der Waals surface area contributed by atoms with Gasteiger partial charge in [0.25, 0.3) is 0 Å². The number of anilines is 2. The molecular formula is C20H16ClN7O. The van der Waals surface area contributed by atoms with Crippen molar-refractivity contribution in [1.29, 1.82) is 5.26 Å². The van der Waals surface area contributed by atoms with Crippen molar-refractivity contribution in [3.05, 3.63) is 70.6 Å². The third-order valence-electron chi connectivity index (χ3n) is 3.78. The highest BCUT2D eigenvalue weighted by Crippen LogP contribution is 2.24. The van der Waals surface area contributed by atoms with Crippen molar-refractivity contribution in [3.8, 4) is 6.07 Å². The molecule has 29 heavy (non-hydrogen) atoms. The number of halogens is 1. The maximum atomic E-state index is 11.4. The predicted octanol–water partition coefficient (Wildman–Crippen LogP) is 3.96. The summed E-state index contributed by atoms with van der Waals surface area (Å²) in [5.74, 6) is -0.00303. The Labute approximate surface area is 171 Å². The van der Waals surface area contributed by atoms with Gasteiger partial charge in [0.15, 0.2) is 0 Å². The molecule has 2 aromatic carbocycles. The maximum absolute atomic E-state index is 11.4. The van der Waals surface area contributed by atoms with Crippen LogP contribution in [0.3, 0.4) is 0 Å². The lowest BCUT2D eigenvalue weighted by Gasteiger charge is -2.10. The molecule has 0 atom stereocenters. The zero-order valence-electron chi connectivity index (χ0n) is 15.3. The van der Waals surface area contributed by atoms with Crippen LogP contribution < -0.4 is 10.6 Å². The first kappa shape index (κ1) is 19.8. The van der Waals surface area contributed by atoms with Crippen LogP contribution in [-0.4, -0.2) is 26.5 Å². The average molecular weight is 406 g/mol. The van der Waals surface area contributed by atoms with E-state index < -0.39 is 0 Å². The van der Waals surface area contributed by atoms with Gasteiger partial charge in [-0.05, 0) is 40.6 Å². The first-order valence-electron chi connectivity index (χ1n) is 8.51. The highest BCUT2D eigenvalue weighted by molar-refractivity contribution is 6.30. The average Bonchev–Trinajstić information content (AvgIpc) is 3.23. The molecule has 0 spiro atoms. The molecule has 0 saturated carbocycles. The van der Waals surface area contributed by atoms with Crippen molar-refractivity contribution in [2.24, 2.45) is 0 Å². The number of allylic oxidation sites excluding steroid dienone is 1. The summed E-state index contributed by atoms with van der Waals surface area (Å²) >= 11 is 5.92. The molecule has 1 heterocycles. The standard InChI is InChI=1S/C20H16ClN7O/c1-13(29)24-18-9-6-15(5-2-14-3-7-17(21)8-4-14)19(10-18)23-12-16(11-22)20-25-27-28-26-20/h2-10,12,23H,1H3,(H,24,29)(H,25,26,27,28). The molecule has 0 saturated heterocycles. The van der Waals surface area contributed by atoms with Gasteiger partial charge in [-0.25, -0.2) is 0 Å². The van der Waals surface area contributed by atoms with Gasteiger partial charge in [-0.3, -0.25) is 4.79 Å². The van der Waals surface area contributed by atoms with Crippen LogP contribution in [0.1, 0.15) is 23.9 Å². The van der Waals surface area contributed by atoms with Crippen LogP contribution in [0.5, 0.6) is 0 Å². The predicted molar refractivity (Wildman–Crippen MR) is 113 cm³/mol. The van der Waals surface area contributed by atoms with Crippen molar-refractivity contribution >= 4 is 46.6 Å². The minimum atomic E-state index is -0.180. The SMILES string of the molecule is CC(=O)Nc1ccc(C=Cc2ccc(Cl)cc2)c(NC=C(C#N)c2nn[nH]n2)c1. The fourth-order valence-electron chi connectivity index (χ4n) is 2.44. The van der Waals surface area contributed by atoms with Gasteiger partial charge in [0.2, 0.25) is 11.7 Å². The minimum absolute atomic E-state index is 0.177. The monoisotopic (exact) mass is 405 g/mol. The number of carbonyl (C=O) groups is 1. The molecule has 8 nitrogen and oxygen atoms in total. The van der Waals surface area contributed by atoms with E-state index in [1.165, 1.54) is 13.1 Å². The number of H-pyrrole nitrogens is 1. The molecule has 1 amide bonds. The summed E-state index contributed by atoms with van der Waals surface area (Å²) in [6.07, 6.45) is 5.33. The topological polar surface area (TPSA) is 119 Å². The van der Waals surface area contributed by atoms with E-state index in [2.05, 4.69) is 31.3 Å². The molecule has 0 bridgehead atoms. The first-order chi connectivity index (χ1) is 14.0. The Balaban J connectivity index is 1.92. The second-order valence-corrected chi connectivity index (χ2v) is 6.35. The minimum Gasteiger partial charge on any atom is -0.360 e. The Morgan fingerprint density at radius 3 is 2.66 bits per heavy atom. The van der Waals surface area contributed by atoms with Crippen LogP contribution in [-0.2, 0) is 4.79 Å². The number of aromatic amines is 1. The van der Waals surface area contributed by atoms with Gasteiger partial charge in [-0.1, -0.05) is 42.0 Å². The number of benzene rings is 2. The lowest BCUT2D eigenvalue weighted by atomic mass is 10.1. The molecule has 0 aliphatic heterocycles. The smallest absolute Gasteiger partial charge is 0.221 e. The molecule has 0 radical (unpaired) electrons. The zero-order chi connectivity index (χ0) is 20.6. The van der Waals surface area contributed by atoms with Crippen molar-refractivity contribution in [3.63, 3.8) is 0 Å². The number of aromatic nitrogens is 4. The molecule has 3 rings (SSSR count). The fourth-order valence-corrected chi connectivity index (χ4v) is 2.57. The van der Waals surface area contributed by atoms with E-state index in [4.69, 9.17) is 11.6 Å². The number of nitriles is 1. The van der Waals surface area contributed by atoms with Gasteiger partial charge in [0.1, 0.15) is 11.6 Å². The number of amides is 1. The third kappa shape index (κ3) is 5.51. The lowest BCUT2D eigenvalue weighted by molar-refractivity contribution is -0.114. The highest BCUT2D eigenvalue weighted by atomic mass is 35.5. The normalized spacial score (nSPS) is 11.3. The third-order valence-corrected chi connectivity index (χ3v) is 4.03. The van der Waals surface area contributed by atoms with Crippen molar-refractivity contribution in [1.82, 2.24) is 20.6 Å². The summed E-state index contributed by atoms with van der Waals surface area (Å²) in [7, 11) is 0. The van der Waals surface area contributed by atoms with Crippen molar-refractivity contribution < 1.29 is 4.79 Å². The molecule has 0 aliphatic rings. The molecule has 3 aromatic rings. The molecular weight excluding hydrogens is 390 g/mol. The largest absolute Gasteiger partial charge is 0.360 e. The van der Waals surface area contributed by atoms with Crippen LogP contribution in [0.2, 0.25) is 5.02 Å². The van der Waals surface area contributed by atoms with Gasteiger partial charge in [-0.15, -0.1) is 10.2 Å². The molecule has 0 fully saturated rings. The van der Waals surface area contributed by atoms with E-state index in [0.717, 1.165) is 11.1 Å². The Kier molecular flexibility index (Phi) is 6.35.